The van der Waals surface area contributed by atoms with E-state index in [0.29, 0.717) is 13.0 Å². The zero-order valence-corrected chi connectivity index (χ0v) is 6.77. The van der Waals surface area contributed by atoms with Gasteiger partial charge in [-0.25, -0.2) is 0 Å². The number of ether oxygens (including phenoxy) is 1. The molecule has 1 saturated heterocycles. The minimum atomic E-state index is -4.53. The molecule has 1 fully saturated rings. The molecule has 0 N–H and O–H groups in total. The number of rotatable bonds is 1. The minimum absolute atomic E-state index is 0.650. The summed E-state index contributed by atoms with van der Waals surface area (Å²) >= 11 is 0. The highest BCUT2D eigenvalue weighted by atomic mass is 19.4. The van der Waals surface area contributed by atoms with Crippen LogP contribution in [0.3, 0.4) is 0 Å². The first-order valence-electron chi connectivity index (χ1n) is 3.77. The van der Waals surface area contributed by atoms with Gasteiger partial charge in [0.1, 0.15) is 6.23 Å². The Morgan fingerprint density at radius 3 is 2.67 bits per heavy atom. The highest BCUT2D eigenvalue weighted by molar-refractivity contribution is 4.81. The van der Waals surface area contributed by atoms with E-state index in [1.807, 2.05) is 0 Å². The minimum Gasteiger partial charge on any atom is -0.281 e. The van der Waals surface area contributed by atoms with Gasteiger partial charge in [-0.3, -0.25) is 9.64 Å². The molecule has 0 aromatic rings. The maximum Gasteiger partial charge on any atom is 0.524 e. The van der Waals surface area contributed by atoms with E-state index in [0.717, 1.165) is 6.42 Å². The third-order valence-corrected chi connectivity index (χ3v) is 1.77. The molecule has 0 aromatic carbocycles. The average molecular weight is 182 g/mol. The second-order valence-corrected chi connectivity index (χ2v) is 2.81. The van der Waals surface area contributed by atoms with Crippen molar-refractivity contribution < 1.29 is 17.9 Å². The van der Waals surface area contributed by atoms with Gasteiger partial charge in [-0.2, -0.15) is 0 Å². The molecule has 1 atom stereocenters. The fourth-order valence-electron chi connectivity index (χ4n) is 1.18. The lowest BCUT2D eigenvalue weighted by Gasteiger charge is -2.32. The molecule has 5 heteroatoms. The van der Waals surface area contributed by atoms with E-state index < -0.39 is 12.6 Å². The topological polar surface area (TPSA) is 12.5 Å². The highest BCUT2D eigenvalue weighted by Crippen LogP contribution is 2.24. The monoisotopic (exact) mass is 182 g/mol. The molecule has 1 rings (SSSR count). The number of nitrogens with zero attached hydrogens (tertiary/aromatic N) is 1. The zero-order chi connectivity index (χ0) is 9.19. The first-order chi connectivity index (χ1) is 5.49. The molecule has 1 unspecified atom stereocenters. The molecule has 1 radical (unpaired) electrons. The van der Waals surface area contributed by atoms with Crippen LogP contribution in [-0.2, 0) is 4.74 Å². The van der Waals surface area contributed by atoms with Gasteiger partial charge in [0.2, 0.25) is 0 Å². The molecule has 0 aromatic heterocycles. The van der Waals surface area contributed by atoms with E-state index in [9.17, 15) is 13.2 Å². The van der Waals surface area contributed by atoms with Crippen molar-refractivity contribution in [2.75, 3.05) is 13.6 Å². The Hall–Kier alpha value is -0.290. The lowest BCUT2D eigenvalue weighted by atomic mass is 10.1. The molecule has 1 heterocycles. The molecule has 12 heavy (non-hydrogen) atoms. The maximum absolute atomic E-state index is 11.7. The van der Waals surface area contributed by atoms with Gasteiger partial charge < -0.3 is 0 Å². The molecular formula is C7H11F3NO. The van der Waals surface area contributed by atoms with Gasteiger partial charge in [0.25, 0.3) is 0 Å². The number of piperidine rings is 1. The first-order valence-corrected chi connectivity index (χ1v) is 3.77. The zero-order valence-electron chi connectivity index (χ0n) is 6.77. The fourth-order valence-corrected chi connectivity index (χ4v) is 1.18. The van der Waals surface area contributed by atoms with E-state index in [1.54, 1.807) is 7.05 Å². The number of alkyl halides is 3. The molecule has 71 valence electrons. The summed E-state index contributed by atoms with van der Waals surface area (Å²) in [5.41, 5.74) is 0. The Bertz CT molecular complexity index is 148. The van der Waals surface area contributed by atoms with Crippen LogP contribution in [0.15, 0.2) is 0 Å². The summed E-state index contributed by atoms with van der Waals surface area (Å²) in [6.07, 6.45) is -2.32. The van der Waals surface area contributed by atoms with Gasteiger partial charge in [-0.05, 0) is 19.9 Å². The smallest absolute Gasteiger partial charge is 0.281 e. The second-order valence-electron chi connectivity index (χ2n) is 2.81. The third-order valence-electron chi connectivity index (χ3n) is 1.77. The standard InChI is InChI=1S/C7H11F3NO/c1-11-5-3-2-4-6(11)12-7(8,9)10/h4,6H,2-3,5H2,1H3. The predicted molar refractivity (Wildman–Crippen MR) is 37.1 cm³/mol. The van der Waals surface area contributed by atoms with E-state index in [-0.39, 0.29) is 0 Å². The van der Waals surface area contributed by atoms with Gasteiger partial charge in [0.05, 0.1) is 0 Å². The number of hydrogen-bond donors (Lipinski definition) is 0. The van der Waals surface area contributed by atoms with E-state index in [1.165, 1.54) is 11.3 Å². The molecule has 1 aliphatic rings. The Morgan fingerprint density at radius 1 is 1.50 bits per heavy atom. The van der Waals surface area contributed by atoms with Crippen LogP contribution in [0.25, 0.3) is 0 Å². The summed E-state index contributed by atoms with van der Waals surface area (Å²) in [5, 5.41) is 0. The molecule has 0 bridgehead atoms. The lowest BCUT2D eigenvalue weighted by Crippen LogP contribution is -2.41. The molecule has 2 nitrogen and oxygen atoms in total. The Labute approximate surface area is 69.3 Å². The lowest BCUT2D eigenvalue weighted by molar-refractivity contribution is -0.355. The van der Waals surface area contributed by atoms with Crippen molar-refractivity contribution in [3.8, 4) is 0 Å². The Morgan fingerprint density at radius 2 is 2.17 bits per heavy atom. The Kier molecular flexibility index (Phi) is 2.95. The SMILES string of the molecule is CN1CCC[CH]C1OC(F)(F)F. The van der Waals surface area contributed by atoms with Gasteiger partial charge in [0, 0.05) is 13.0 Å². The average Bonchev–Trinajstić information content (AvgIpc) is 1.91. The summed E-state index contributed by atoms with van der Waals surface area (Å²) in [6.45, 7) is 0.650. The van der Waals surface area contributed by atoms with Crippen molar-refractivity contribution in [1.82, 2.24) is 4.90 Å². The van der Waals surface area contributed by atoms with Crippen LogP contribution in [0.5, 0.6) is 0 Å². The van der Waals surface area contributed by atoms with Crippen molar-refractivity contribution in [2.24, 2.45) is 0 Å². The second kappa shape index (κ2) is 3.62. The van der Waals surface area contributed by atoms with Gasteiger partial charge in [-0.15, -0.1) is 13.2 Å². The quantitative estimate of drug-likeness (QED) is 0.612. The van der Waals surface area contributed by atoms with Crippen LogP contribution in [0.2, 0.25) is 0 Å². The van der Waals surface area contributed by atoms with Crippen LogP contribution in [0.4, 0.5) is 13.2 Å². The molecule has 0 saturated carbocycles. The molecular weight excluding hydrogens is 171 g/mol. The van der Waals surface area contributed by atoms with Crippen molar-refractivity contribution >= 4 is 0 Å². The molecule has 0 spiro atoms. The van der Waals surface area contributed by atoms with Crippen molar-refractivity contribution in [1.29, 1.82) is 0 Å². The van der Waals surface area contributed by atoms with Crippen LogP contribution >= 0.6 is 0 Å². The van der Waals surface area contributed by atoms with Crippen LogP contribution in [0, 0.1) is 6.42 Å². The number of halogens is 3. The van der Waals surface area contributed by atoms with Crippen molar-refractivity contribution in [3.63, 3.8) is 0 Å². The molecule has 0 amide bonds. The van der Waals surface area contributed by atoms with Crippen LogP contribution < -0.4 is 0 Å². The number of likely N-dealkylation sites (tertiary alicyclic amines) is 1. The van der Waals surface area contributed by atoms with Gasteiger partial charge in [0.15, 0.2) is 0 Å². The molecule has 0 aliphatic carbocycles. The summed E-state index contributed by atoms with van der Waals surface area (Å²) in [7, 11) is 1.62. The fraction of sp³-hybridized carbons (Fsp3) is 0.857. The molecule has 1 aliphatic heterocycles. The summed E-state index contributed by atoms with van der Waals surface area (Å²) in [4.78, 5) is 1.54. The Balaban J connectivity index is 2.39. The van der Waals surface area contributed by atoms with Gasteiger partial charge in [-0.1, -0.05) is 0 Å². The number of hydrogen-bond acceptors (Lipinski definition) is 2. The van der Waals surface area contributed by atoms with E-state index in [4.69, 9.17) is 0 Å². The predicted octanol–water partition coefficient (Wildman–Crippen LogP) is 1.78. The highest BCUT2D eigenvalue weighted by Gasteiger charge is 2.35. The maximum atomic E-state index is 11.7. The van der Waals surface area contributed by atoms with Crippen LogP contribution in [-0.4, -0.2) is 31.1 Å². The van der Waals surface area contributed by atoms with E-state index in [2.05, 4.69) is 4.74 Å². The van der Waals surface area contributed by atoms with Crippen LogP contribution in [0.1, 0.15) is 12.8 Å². The summed E-state index contributed by atoms with van der Waals surface area (Å²) < 4.78 is 39.1. The van der Waals surface area contributed by atoms with Crippen molar-refractivity contribution in [3.05, 3.63) is 6.42 Å². The summed E-state index contributed by atoms with van der Waals surface area (Å²) in [5.74, 6) is 0. The first kappa shape index (κ1) is 9.80. The normalized spacial score (nSPS) is 27.5. The largest absolute Gasteiger partial charge is 0.524 e. The third kappa shape index (κ3) is 2.98. The van der Waals surface area contributed by atoms with Gasteiger partial charge >= 0.3 is 6.36 Å². The van der Waals surface area contributed by atoms with E-state index >= 15 is 0 Å². The van der Waals surface area contributed by atoms with Crippen molar-refractivity contribution in [2.45, 2.75) is 25.4 Å². The summed E-state index contributed by atoms with van der Waals surface area (Å²) in [6, 6.07) is 0.